The Bertz CT molecular complexity index is 391. The van der Waals surface area contributed by atoms with E-state index in [1.54, 1.807) is 0 Å². The zero-order valence-electron chi connectivity index (χ0n) is 12.7. The van der Waals surface area contributed by atoms with Crippen LogP contribution in [-0.2, 0) is 9.47 Å². The lowest BCUT2D eigenvalue weighted by Crippen LogP contribution is -2.58. The van der Waals surface area contributed by atoms with Gasteiger partial charge in [-0.15, -0.1) is 0 Å². The van der Waals surface area contributed by atoms with E-state index in [0.29, 0.717) is 37.9 Å². The molecule has 1 aliphatic carbocycles. The molecule has 2 N–H and O–H groups in total. The predicted octanol–water partition coefficient (Wildman–Crippen LogP) is -0.158. The molecule has 8 heteroatoms. The molecule has 2 unspecified atom stereocenters. The minimum atomic E-state index is -0.00269. The van der Waals surface area contributed by atoms with E-state index < -0.39 is 0 Å². The van der Waals surface area contributed by atoms with Crippen molar-refractivity contribution in [3.8, 4) is 0 Å². The Labute approximate surface area is 129 Å². The molecular formula is C14H24N4O4. The first kappa shape index (κ1) is 15.7. The second-order valence-electron chi connectivity index (χ2n) is 5.88. The Morgan fingerprint density at radius 1 is 0.727 bits per heavy atom. The summed E-state index contributed by atoms with van der Waals surface area (Å²) >= 11 is 0. The van der Waals surface area contributed by atoms with Gasteiger partial charge in [0.2, 0.25) is 0 Å². The van der Waals surface area contributed by atoms with Crippen molar-refractivity contribution in [2.45, 2.75) is 24.9 Å². The van der Waals surface area contributed by atoms with Gasteiger partial charge in [-0.05, 0) is 12.8 Å². The summed E-state index contributed by atoms with van der Waals surface area (Å²) in [6.07, 6.45) is 1.78. The molecule has 2 saturated heterocycles. The maximum absolute atomic E-state index is 9.50. The van der Waals surface area contributed by atoms with E-state index in [2.05, 4.69) is 20.1 Å². The molecule has 124 valence electrons. The number of ether oxygens (including phenoxy) is 2. The van der Waals surface area contributed by atoms with E-state index >= 15 is 0 Å². The van der Waals surface area contributed by atoms with Crippen LogP contribution in [0.2, 0.25) is 0 Å². The van der Waals surface area contributed by atoms with Gasteiger partial charge >= 0.3 is 0 Å². The van der Waals surface area contributed by atoms with Crippen LogP contribution in [0.5, 0.6) is 0 Å². The first-order chi connectivity index (χ1) is 10.8. The molecule has 0 amide bonds. The molecule has 2 heterocycles. The second-order valence-corrected chi connectivity index (χ2v) is 5.88. The first-order valence-electron chi connectivity index (χ1n) is 7.93. The topological polar surface area (TPSA) is 90.1 Å². The van der Waals surface area contributed by atoms with Gasteiger partial charge < -0.3 is 19.9 Å². The minimum Gasteiger partial charge on any atom is -0.411 e. The highest BCUT2D eigenvalue weighted by Crippen LogP contribution is 2.25. The summed E-state index contributed by atoms with van der Waals surface area (Å²) in [4.78, 5) is 4.50. The minimum absolute atomic E-state index is 0.00269. The van der Waals surface area contributed by atoms with Crippen LogP contribution in [0.15, 0.2) is 10.3 Å². The van der Waals surface area contributed by atoms with Crippen molar-refractivity contribution in [1.29, 1.82) is 0 Å². The average molecular weight is 312 g/mol. The predicted molar refractivity (Wildman–Crippen MR) is 80.0 cm³/mol. The van der Waals surface area contributed by atoms with Crippen molar-refractivity contribution < 1.29 is 19.9 Å². The molecule has 3 rings (SSSR count). The monoisotopic (exact) mass is 312 g/mol. The third kappa shape index (κ3) is 3.10. The SMILES string of the molecule is ON=C1C(=NO)C(N2CCOCC2)CCC1N1CCOCC1. The summed E-state index contributed by atoms with van der Waals surface area (Å²) in [5.41, 5.74) is 0.985. The summed E-state index contributed by atoms with van der Waals surface area (Å²) in [6, 6.07) is -0.00539. The molecule has 2 atom stereocenters. The first-order valence-corrected chi connectivity index (χ1v) is 7.93. The molecule has 0 aromatic heterocycles. The van der Waals surface area contributed by atoms with Crippen molar-refractivity contribution in [2.75, 3.05) is 52.6 Å². The summed E-state index contributed by atoms with van der Waals surface area (Å²) in [5.74, 6) is 0. The van der Waals surface area contributed by atoms with Crippen LogP contribution in [0.3, 0.4) is 0 Å². The number of nitrogens with zero attached hydrogens (tertiary/aromatic N) is 4. The van der Waals surface area contributed by atoms with Gasteiger partial charge in [0.1, 0.15) is 11.4 Å². The average Bonchev–Trinajstić information content (AvgIpc) is 2.61. The second kappa shape index (κ2) is 7.36. The Balaban J connectivity index is 1.76. The Morgan fingerprint density at radius 2 is 1.09 bits per heavy atom. The lowest BCUT2D eigenvalue weighted by Gasteiger charge is -2.42. The molecule has 0 aromatic rings. The van der Waals surface area contributed by atoms with Crippen molar-refractivity contribution in [1.82, 2.24) is 9.80 Å². The third-order valence-corrected chi connectivity index (χ3v) is 4.80. The summed E-state index contributed by atoms with van der Waals surface area (Å²) in [7, 11) is 0. The van der Waals surface area contributed by atoms with E-state index in [-0.39, 0.29) is 12.1 Å². The van der Waals surface area contributed by atoms with Crippen molar-refractivity contribution in [2.24, 2.45) is 10.3 Å². The van der Waals surface area contributed by atoms with E-state index in [9.17, 15) is 10.4 Å². The normalized spacial score (nSPS) is 36.0. The van der Waals surface area contributed by atoms with E-state index in [1.807, 2.05) is 0 Å². The van der Waals surface area contributed by atoms with Crippen LogP contribution in [0.25, 0.3) is 0 Å². The molecule has 2 aliphatic heterocycles. The maximum Gasteiger partial charge on any atom is 0.123 e. The highest BCUT2D eigenvalue weighted by molar-refractivity contribution is 6.46. The van der Waals surface area contributed by atoms with E-state index in [0.717, 1.165) is 39.0 Å². The molecule has 22 heavy (non-hydrogen) atoms. The summed E-state index contributed by atoms with van der Waals surface area (Å²) in [5, 5.41) is 26.0. The lowest BCUT2D eigenvalue weighted by molar-refractivity contribution is 0.0154. The summed E-state index contributed by atoms with van der Waals surface area (Å²) in [6.45, 7) is 5.99. The number of oxime groups is 2. The van der Waals surface area contributed by atoms with E-state index in [4.69, 9.17) is 9.47 Å². The van der Waals surface area contributed by atoms with Crippen LogP contribution in [0.1, 0.15) is 12.8 Å². The van der Waals surface area contributed by atoms with Crippen LogP contribution < -0.4 is 0 Å². The molecule has 8 nitrogen and oxygen atoms in total. The lowest BCUT2D eigenvalue weighted by atomic mass is 9.85. The van der Waals surface area contributed by atoms with Gasteiger partial charge in [-0.25, -0.2) is 0 Å². The van der Waals surface area contributed by atoms with Crippen molar-refractivity contribution in [3.05, 3.63) is 0 Å². The highest BCUT2D eigenvalue weighted by Gasteiger charge is 2.40. The molecule has 3 fully saturated rings. The van der Waals surface area contributed by atoms with E-state index in [1.165, 1.54) is 0 Å². The Morgan fingerprint density at radius 3 is 1.41 bits per heavy atom. The van der Waals surface area contributed by atoms with Gasteiger partial charge in [0.05, 0.1) is 38.5 Å². The quantitative estimate of drug-likeness (QED) is 0.544. The number of morpholine rings is 2. The van der Waals surface area contributed by atoms with Gasteiger partial charge in [-0.1, -0.05) is 10.3 Å². The standard InChI is InChI=1S/C14H24N4O4/c19-15-13-11(17-3-7-21-8-4-17)1-2-12(14(13)16-20)18-5-9-22-10-6-18/h11-12,19-20H,1-10H2. The number of rotatable bonds is 2. The number of hydrogen-bond donors (Lipinski definition) is 2. The van der Waals surface area contributed by atoms with Gasteiger partial charge in [0.15, 0.2) is 0 Å². The fraction of sp³-hybridized carbons (Fsp3) is 0.857. The molecule has 0 spiro atoms. The third-order valence-electron chi connectivity index (χ3n) is 4.80. The Kier molecular flexibility index (Phi) is 5.24. The summed E-state index contributed by atoms with van der Waals surface area (Å²) < 4.78 is 10.8. The fourth-order valence-corrected chi connectivity index (χ4v) is 3.66. The van der Waals surface area contributed by atoms with Crippen molar-refractivity contribution in [3.63, 3.8) is 0 Å². The van der Waals surface area contributed by atoms with Gasteiger partial charge in [-0.2, -0.15) is 0 Å². The molecule has 0 bridgehead atoms. The molecular weight excluding hydrogens is 288 g/mol. The molecule has 3 aliphatic rings. The van der Waals surface area contributed by atoms with Crippen LogP contribution in [0, 0.1) is 0 Å². The van der Waals surface area contributed by atoms with Crippen LogP contribution in [-0.4, -0.2) is 96.3 Å². The maximum atomic E-state index is 9.50. The van der Waals surface area contributed by atoms with Gasteiger partial charge in [0.25, 0.3) is 0 Å². The van der Waals surface area contributed by atoms with Crippen LogP contribution in [0.4, 0.5) is 0 Å². The van der Waals surface area contributed by atoms with Crippen LogP contribution >= 0.6 is 0 Å². The molecule has 0 radical (unpaired) electrons. The Hall–Kier alpha value is -1.22. The molecule has 1 saturated carbocycles. The zero-order chi connectivity index (χ0) is 15.4. The molecule has 0 aromatic carbocycles. The largest absolute Gasteiger partial charge is 0.411 e. The fourth-order valence-electron chi connectivity index (χ4n) is 3.66. The highest BCUT2D eigenvalue weighted by atomic mass is 16.5. The number of hydrogen-bond acceptors (Lipinski definition) is 8. The van der Waals surface area contributed by atoms with Crippen molar-refractivity contribution >= 4 is 11.4 Å². The van der Waals surface area contributed by atoms with Gasteiger partial charge in [0, 0.05) is 26.2 Å². The zero-order valence-corrected chi connectivity index (χ0v) is 12.7. The van der Waals surface area contributed by atoms with Gasteiger partial charge in [-0.3, -0.25) is 9.80 Å². The smallest absolute Gasteiger partial charge is 0.123 e.